The van der Waals surface area contributed by atoms with E-state index in [0.29, 0.717) is 0 Å². The third-order valence-electron chi connectivity index (χ3n) is 1.16. The summed E-state index contributed by atoms with van der Waals surface area (Å²) in [5, 5.41) is 10.3. The Morgan fingerprint density at radius 1 is 1.33 bits per heavy atom. The highest BCUT2D eigenvalue weighted by molar-refractivity contribution is 7.99. The molecule has 1 amide bonds. The Kier molecular flexibility index (Phi) is 6.14. The number of rotatable bonds is 6. The first-order valence-electron chi connectivity index (χ1n) is 3.94. The van der Waals surface area contributed by atoms with Crippen molar-refractivity contribution in [3.05, 3.63) is 0 Å². The molecular weight excluding hydrogens is 235 g/mol. The van der Waals surface area contributed by atoms with E-state index < -0.39 is 24.5 Å². The molecule has 8 heteroatoms. The largest absolute Gasteiger partial charge is 0.481 e. The predicted molar refractivity (Wildman–Crippen MR) is 48.6 cm³/mol. The third kappa shape index (κ3) is 11.0. The molecule has 0 aromatic heterocycles. The fraction of sp³-hybridized carbons (Fsp3) is 0.714. The van der Waals surface area contributed by atoms with Crippen molar-refractivity contribution in [3.63, 3.8) is 0 Å². The van der Waals surface area contributed by atoms with E-state index >= 15 is 0 Å². The van der Waals surface area contributed by atoms with Crippen molar-refractivity contribution in [2.24, 2.45) is 0 Å². The van der Waals surface area contributed by atoms with Gasteiger partial charge in [-0.1, -0.05) is 0 Å². The normalized spacial score (nSPS) is 11.1. The van der Waals surface area contributed by atoms with Crippen molar-refractivity contribution >= 4 is 23.6 Å². The molecule has 0 saturated carbocycles. The van der Waals surface area contributed by atoms with Crippen LogP contribution in [0.2, 0.25) is 0 Å². The second-order valence-corrected chi connectivity index (χ2v) is 3.69. The zero-order valence-electron chi connectivity index (χ0n) is 7.63. The average Bonchev–Trinajstić information content (AvgIpc) is 1.99. The molecule has 0 spiro atoms. The van der Waals surface area contributed by atoms with Gasteiger partial charge in [0.15, 0.2) is 0 Å². The Labute approximate surface area is 88.2 Å². The maximum absolute atomic E-state index is 11.6. The Morgan fingerprint density at radius 2 is 1.93 bits per heavy atom. The smallest absolute Gasteiger partial charge is 0.397 e. The molecule has 0 heterocycles. The monoisotopic (exact) mass is 245 g/mol. The first kappa shape index (κ1) is 14.1. The second-order valence-electron chi connectivity index (χ2n) is 2.59. The minimum atomic E-state index is -4.50. The standard InChI is InChI=1S/C7H10F3NO3S/c8-7(9,10)3-5(12)11-1-2-15-4-6(13)14/h1-4H2,(H,11,12)(H,13,14). The van der Waals surface area contributed by atoms with Crippen molar-refractivity contribution in [3.8, 4) is 0 Å². The maximum Gasteiger partial charge on any atom is 0.397 e. The molecule has 0 aliphatic heterocycles. The molecule has 0 radical (unpaired) electrons. The molecule has 0 aromatic rings. The van der Waals surface area contributed by atoms with Crippen LogP contribution in [0.3, 0.4) is 0 Å². The quantitative estimate of drug-likeness (QED) is 0.681. The highest BCUT2D eigenvalue weighted by Crippen LogP contribution is 2.18. The summed E-state index contributed by atoms with van der Waals surface area (Å²) in [5.41, 5.74) is 0. The third-order valence-corrected chi connectivity index (χ3v) is 2.10. The van der Waals surface area contributed by atoms with Crippen LogP contribution in [0.15, 0.2) is 0 Å². The van der Waals surface area contributed by atoms with E-state index in [4.69, 9.17) is 5.11 Å². The van der Waals surface area contributed by atoms with E-state index in [1.54, 1.807) is 0 Å². The SMILES string of the molecule is O=C(O)CSCCNC(=O)CC(F)(F)F. The number of alkyl halides is 3. The lowest BCUT2D eigenvalue weighted by Gasteiger charge is -2.06. The van der Waals surface area contributed by atoms with Crippen LogP contribution < -0.4 is 5.32 Å². The Hall–Kier alpha value is -0.920. The van der Waals surface area contributed by atoms with Crippen LogP contribution in [0, 0.1) is 0 Å². The van der Waals surface area contributed by atoms with Crippen LogP contribution in [0.1, 0.15) is 6.42 Å². The van der Waals surface area contributed by atoms with Gasteiger partial charge in [0.05, 0.1) is 5.75 Å². The molecule has 4 nitrogen and oxygen atoms in total. The van der Waals surface area contributed by atoms with Gasteiger partial charge in [-0.3, -0.25) is 9.59 Å². The van der Waals surface area contributed by atoms with Gasteiger partial charge in [0, 0.05) is 12.3 Å². The van der Waals surface area contributed by atoms with Gasteiger partial charge in [-0.05, 0) is 0 Å². The summed E-state index contributed by atoms with van der Waals surface area (Å²) in [4.78, 5) is 20.6. The van der Waals surface area contributed by atoms with Crippen LogP contribution >= 0.6 is 11.8 Å². The summed E-state index contributed by atoms with van der Waals surface area (Å²) in [6.45, 7) is 0.0346. The van der Waals surface area contributed by atoms with E-state index in [2.05, 4.69) is 0 Å². The van der Waals surface area contributed by atoms with Crippen molar-refractivity contribution in [1.82, 2.24) is 5.32 Å². The molecule has 2 N–H and O–H groups in total. The fourth-order valence-corrected chi connectivity index (χ4v) is 1.23. The minimum absolute atomic E-state index is 0.0346. The highest BCUT2D eigenvalue weighted by atomic mass is 32.2. The topological polar surface area (TPSA) is 66.4 Å². The summed E-state index contributed by atoms with van der Waals surface area (Å²) >= 11 is 1.03. The van der Waals surface area contributed by atoms with E-state index in [0.717, 1.165) is 11.8 Å². The number of halogens is 3. The first-order chi connectivity index (χ1) is 6.81. The van der Waals surface area contributed by atoms with Crippen molar-refractivity contribution in [1.29, 1.82) is 0 Å². The molecule has 0 bridgehead atoms. The summed E-state index contributed by atoms with van der Waals surface area (Å²) in [6.07, 6.45) is -6.01. The van der Waals surface area contributed by atoms with Crippen LogP contribution in [0.5, 0.6) is 0 Å². The molecule has 0 aliphatic carbocycles. The number of thioether (sulfide) groups is 1. The highest BCUT2D eigenvalue weighted by Gasteiger charge is 2.30. The van der Waals surface area contributed by atoms with Crippen LogP contribution in [0.4, 0.5) is 13.2 Å². The lowest BCUT2D eigenvalue weighted by molar-refractivity contribution is -0.153. The summed E-state index contributed by atoms with van der Waals surface area (Å²) in [7, 11) is 0. The van der Waals surface area contributed by atoms with Gasteiger partial charge in [0.1, 0.15) is 6.42 Å². The van der Waals surface area contributed by atoms with Crippen LogP contribution in [0.25, 0.3) is 0 Å². The number of aliphatic carboxylic acids is 1. The molecule has 0 unspecified atom stereocenters. The number of nitrogens with one attached hydrogen (secondary N) is 1. The van der Waals surface area contributed by atoms with Gasteiger partial charge in [-0.25, -0.2) is 0 Å². The Balaban J connectivity index is 3.44. The lowest BCUT2D eigenvalue weighted by Crippen LogP contribution is -2.30. The number of carboxylic acid groups (broad SMARTS) is 1. The van der Waals surface area contributed by atoms with Gasteiger partial charge < -0.3 is 10.4 Å². The molecule has 0 atom stereocenters. The molecular formula is C7H10F3NO3S. The Morgan fingerprint density at radius 3 is 2.40 bits per heavy atom. The average molecular weight is 245 g/mol. The lowest BCUT2D eigenvalue weighted by atomic mass is 10.4. The van der Waals surface area contributed by atoms with Crippen molar-refractivity contribution in [2.45, 2.75) is 12.6 Å². The summed E-state index contributed by atoms with van der Waals surface area (Å²) in [6, 6.07) is 0. The van der Waals surface area contributed by atoms with Gasteiger partial charge >= 0.3 is 12.1 Å². The zero-order valence-corrected chi connectivity index (χ0v) is 8.45. The van der Waals surface area contributed by atoms with E-state index in [1.807, 2.05) is 5.32 Å². The van der Waals surface area contributed by atoms with Crippen molar-refractivity contribution < 1.29 is 27.9 Å². The number of carboxylic acids is 1. The number of carbonyl (C=O) groups excluding carboxylic acids is 1. The molecule has 15 heavy (non-hydrogen) atoms. The zero-order chi connectivity index (χ0) is 11.9. The summed E-state index contributed by atoms with van der Waals surface area (Å²) < 4.78 is 34.9. The van der Waals surface area contributed by atoms with Gasteiger partial charge in [-0.2, -0.15) is 13.2 Å². The molecule has 0 aliphatic rings. The maximum atomic E-state index is 11.6. The molecule has 0 saturated heterocycles. The van der Waals surface area contributed by atoms with Crippen molar-refractivity contribution in [2.75, 3.05) is 18.1 Å². The fourth-order valence-electron chi connectivity index (χ4n) is 0.667. The molecule has 0 fully saturated rings. The number of hydrogen-bond donors (Lipinski definition) is 2. The summed E-state index contributed by atoms with van der Waals surface area (Å²) in [5.74, 6) is -1.95. The van der Waals surface area contributed by atoms with Gasteiger partial charge in [0.2, 0.25) is 5.91 Å². The minimum Gasteiger partial charge on any atom is -0.481 e. The predicted octanol–water partition coefficient (Wildman–Crippen LogP) is 0.873. The van der Waals surface area contributed by atoms with E-state index in [1.165, 1.54) is 0 Å². The number of amides is 1. The van der Waals surface area contributed by atoms with E-state index in [-0.39, 0.29) is 18.1 Å². The number of hydrogen-bond acceptors (Lipinski definition) is 3. The number of carbonyl (C=O) groups is 2. The first-order valence-corrected chi connectivity index (χ1v) is 5.10. The molecule has 88 valence electrons. The molecule has 0 aromatic carbocycles. The van der Waals surface area contributed by atoms with Gasteiger partial charge in [-0.15, -0.1) is 11.8 Å². The Bertz CT molecular complexity index is 232. The molecule has 0 rings (SSSR count). The van der Waals surface area contributed by atoms with Crippen LogP contribution in [-0.2, 0) is 9.59 Å². The van der Waals surface area contributed by atoms with Gasteiger partial charge in [0.25, 0.3) is 0 Å². The van der Waals surface area contributed by atoms with Crippen LogP contribution in [-0.4, -0.2) is 41.2 Å². The van der Waals surface area contributed by atoms with E-state index in [9.17, 15) is 22.8 Å². The second kappa shape index (κ2) is 6.54.